The Morgan fingerprint density at radius 3 is 3.11 bits per heavy atom. The van der Waals surface area contributed by atoms with Gasteiger partial charge in [0.2, 0.25) is 5.91 Å². The maximum absolute atomic E-state index is 12.0. The minimum atomic E-state index is 0.114. The Balaban J connectivity index is 2.02. The summed E-state index contributed by atoms with van der Waals surface area (Å²) < 4.78 is 6.33. The first-order valence-electron chi connectivity index (χ1n) is 6.09. The van der Waals surface area contributed by atoms with Gasteiger partial charge in [0.05, 0.1) is 11.8 Å². The highest BCUT2D eigenvalue weighted by molar-refractivity contribution is 7.22. The first kappa shape index (κ1) is 12.2. The topological polar surface area (TPSA) is 42.4 Å². The molecule has 0 N–H and O–H groups in total. The van der Waals surface area contributed by atoms with Crippen molar-refractivity contribution in [3.05, 3.63) is 30.9 Å². The highest BCUT2D eigenvalue weighted by Crippen LogP contribution is 2.36. The molecule has 0 saturated carbocycles. The second-order valence-corrected chi connectivity index (χ2v) is 5.52. The zero-order valence-electron chi connectivity index (χ0n) is 10.6. The quantitative estimate of drug-likeness (QED) is 0.808. The molecule has 5 heteroatoms. The number of rotatable bonds is 3. The van der Waals surface area contributed by atoms with Gasteiger partial charge in [-0.15, -0.1) is 6.58 Å². The number of amides is 1. The van der Waals surface area contributed by atoms with Gasteiger partial charge in [-0.2, -0.15) is 0 Å². The molecule has 1 saturated heterocycles. The van der Waals surface area contributed by atoms with Crippen LogP contribution in [0.2, 0.25) is 0 Å². The van der Waals surface area contributed by atoms with Crippen molar-refractivity contribution in [3.63, 3.8) is 0 Å². The molecule has 98 valence electrons. The van der Waals surface area contributed by atoms with Gasteiger partial charge in [-0.25, -0.2) is 4.98 Å². The molecule has 1 fully saturated rings. The van der Waals surface area contributed by atoms with E-state index in [0.717, 1.165) is 21.1 Å². The van der Waals surface area contributed by atoms with E-state index in [0.29, 0.717) is 13.0 Å². The van der Waals surface area contributed by atoms with Crippen molar-refractivity contribution in [1.29, 1.82) is 0 Å². The minimum absolute atomic E-state index is 0.114. The second kappa shape index (κ2) is 4.66. The molecule has 0 bridgehead atoms. The zero-order valence-corrected chi connectivity index (χ0v) is 11.4. The van der Waals surface area contributed by atoms with Crippen molar-refractivity contribution in [1.82, 2.24) is 4.98 Å². The van der Waals surface area contributed by atoms with Crippen molar-refractivity contribution < 1.29 is 9.53 Å². The van der Waals surface area contributed by atoms with Crippen LogP contribution in [-0.2, 0) is 4.79 Å². The van der Waals surface area contributed by atoms with Crippen LogP contribution in [0.15, 0.2) is 30.9 Å². The molecule has 1 unspecified atom stereocenters. The summed E-state index contributed by atoms with van der Waals surface area (Å²) in [6.45, 7) is 4.43. The maximum Gasteiger partial charge on any atom is 0.229 e. The van der Waals surface area contributed by atoms with E-state index in [1.54, 1.807) is 12.0 Å². The van der Waals surface area contributed by atoms with Gasteiger partial charge in [-0.1, -0.05) is 23.5 Å². The highest BCUT2D eigenvalue weighted by atomic mass is 32.1. The van der Waals surface area contributed by atoms with Crippen LogP contribution in [0, 0.1) is 5.92 Å². The molecule has 1 aliphatic heterocycles. The number of para-hydroxylation sites is 1. The van der Waals surface area contributed by atoms with Crippen LogP contribution in [0.3, 0.4) is 0 Å². The number of aromatic nitrogens is 1. The molecule has 1 atom stereocenters. The van der Waals surface area contributed by atoms with E-state index in [4.69, 9.17) is 4.74 Å². The van der Waals surface area contributed by atoms with Gasteiger partial charge in [0.25, 0.3) is 0 Å². The summed E-state index contributed by atoms with van der Waals surface area (Å²) in [6.07, 6.45) is 2.36. The Bertz CT molecular complexity index is 650. The normalized spacial score (nSPS) is 19.1. The van der Waals surface area contributed by atoms with Gasteiger partial charge in [0, 0.05) is 18.9 Å². The molecule has 1 aromatic carbocycles. The Morgan fingerprint density at radius 2 is 2.42 bits per heavy atom. The Hall–Kier alpha value is -1.88. The number of carbonyl (C=O) groups excluding carboxylic acids is 1. The highest BCUT2D eigenvalue weighted by Gasteiger charge is 2.30. The Morgan fingerprint density at radius 1 is 1.58 bits per heavy atom. The summed E-state index contributed by atoms with van der Waals surface area (Å²) in [6, 6.07) is 5.80. The predicted molar refractivity (Wildman–Crippen MR) is 76.8 cm³/mol. The van der Waals surface area contributed by atoms with Crippen molar-refractivity contribution in [3.8, 4) is 5.75 Å². The molecule has 19 heavy (non-hydrogen) atoms. The fourth-order valence-corrected chi connectivity index (χ4v) is 3.28. The van der Waals surface area contributed by atoms with Crippen LogP contribution in [0.1, 0.15) is 6.42 Å². The van der Waals surface area contributed by atoms with Gasteiger partial charge in [-0.3, -0.25) is 9.69 Å². The van der Waals surface area contributed by atoms with E-state index in [1.807, 2.05) is 24.3 Å². The third-order valence-electron chi connectivity index (χ3n) is 3.31. The Labute approximate surface area is 115 Å². The lowest BCUT2D eigenvalue weighted by Gasteiger charge is -2.11. The van der Waals surface area contributed by atoms with Crippen molar-refractivity contribution in [2.75, 3.05) is 18.6 Å². The maximum atomic E-state index is 12.0. The van der Waals surface area contributed by atoms with Crippen molar-refractivity contribution in [2.45, 2.75) is 6.42 Å². The molecular formula is C14H14N2O2S. The molecule has 1 aromatic heterocycles. The molecule has 4 nitrogen and oxygen atoms in total. The number of thiazole rings is 1. The first-order chi connectivity index (χ1) is 9.22. The molecule has 3 rings (SSSR count). The fraction of sp³-hybridized carbons (Fsp3) is 0.286. The molecule has 2 aromatic rings. The first-order valence-corrected chi connectivity index (χ1v) is 6.91. The number of carbonyl (C=O) groups is 1. The molecule has 2 heterocycles. The average Bonchev–Trinajstić information content (AvgIpc) is 3.00. The number of fused-ring (bicyclic) bond motifs is 1. The van der Waals surface area contributed by atoms with Crippen LogP contribution in [0.4, 0.5) is 5.13 Å². The molecular weight excluding hydrogens is 260 g/mol. The number of hydrogen-bond acceptors (Lipinski definition) is 4. The van der Waals surface area contributed by atoms with Crippen LogP contribution < -0.4 is 9.64 Å². The molecule has 0 aliphatic carbocycles. The van der Waals surface area contributed by atoms with Gasteiger partial charge >= 0.3 is 0 Å². The summed E-state index contributed by atoms with van der Waals surface area (Å²) in [5.41, 5.74) is 0.819. The molecule has 1 aliphatic rings. The summed E-state index contributed by atoms with van der Waals surface area (Å²) >= 11 is 1.52. The third kappa shape index (κ3) is 2.00. The van der Waals surface area contributed by atoms with E-state index in [9.17, 15) is 4.79 Å². The number of nitrogens with zero attached hydrogens (tertiary/aromatic N) is 2. The van der Waals surface area contributed by atoms with Crippen LogP contribution in [-0.4, -0.2) is 24.5 Å². The Kier molecular flexibility index (Phi) is 2.98. The summed E-state index contributed by atoms with van der Waals surface area (Å²) in [5.74, 6) is 1.08. The molecule has 1 amide bonds. The lowest BCUT2D eigenvalue weighted by molar-refractivity contribution is -0.117. The standard InChI is InChI=1S/C14H14N2O2S/c1-3-9-7-12(17)16(8-9)14-15-13-10(18-2)5-4-6-11(13)19-14/h3-6,9H,1,7-8H2,2H3. The van der Waals surface area contributed by atoms with Crippen LogP contribution in [0.25, 0.3) is 10.2 Å². The number of ether oxygens (including phenoxy) is 1. The smallest absolute Gasteiger partial charge is 0.229 e. The van der Waals surface area contributed by atoms with E-state index in [1.165, 1.54) is 11.3 Å². The second-order valence-electron chi connectivity index (χ2n) is 4.51. The monoisotopic (exact) mass is 274 g/mol. The SMILES string of the molecule is C=CC1CC(=O)N(c2nc3c(OC)cccc3s2)C1. The number of anilines is 1. The number of methoxy groups -OCH3 is 1. The van der Waals surface area contributed by atoms with E-state index >= 15 is 0 Å². The van der Waals surface area contributed by atoms with E-state index in [2.05, 4.69) is 11.6 Å². The number of benzene rings is 1. The van der Waals surface area contributed by atoms with Crippen molar-refractivity contribution in [2.24, 2.45) is 5.92 Å². The average molecular weight is 274 g/mol. The van der Waals surface area contributed by atoms with Crippen molar-refractivity contribution >= 4 is 32.6 Å². The largest absolute Gasteiger partial charge is 0.494 e. The van der Waals surface area contributed by atoms with Gasteiger partial charge in [0.15, 0.2) is 5.13 Å². The van der Waals surface area contributed by atoms with E-state index < -0.39 is 0 Å². The predicted octanol–water partition coefficient (Wildman–Crippen LogP) is 2.84. The lowest BCUT2D eigenvalue weighted by Crippen LogP contribution is -2.24. The summed E-state index contributed by atoms with van der Waals surface area (Å²) in [5, 5.41) is 0.744. The zero-order chi connectivity index (χ0) is 13.4. The van der Waals surface area contributed by atoms with Gasteiger partial charge < -0.3 is 4.74 Å². The summed E-state index contributed by atoms with van der Waals surface area (Å²) in [4.78, 5) is 18.3. The number of hydrogen-bond donors (Lipinski definition) is 0. The third-order valence-corrected chi connectivity index (χ3v) is 4.35. The minimum Gasteiger partial charge on any atom is -0.494 e. The van der Waals surface area contributed by atoms with Crippen LogP contribution >= 0.6 is 11.3 Å². The lowest BCUT2D eigenvalue weighted by atomic mass is 10.1. The van der Waals surface area contributed by atoms with Gasteiger partial charge in [-0.05, 0) is 12.1 Å². The van der Waals surface area contributed by atoms with E-state index in [-0.39, 0.29) is 11.8 Å². The van der Waals surface area contributed by atoms with Crippen LogP contribution in [0.5, 0.6) is 5.75 Å². The summed E-state index contributed by atoms with van der Waals surface area (Å²) in [7, 11) is 1.63. The molecule has 0 spiro atoms. The van der Waals surface area contributed by atoms with Gasteiger partial charge in [0.1, 0.15) is 11.3 Å². The fourth-order valence-electron chi connectivity index (χ4n) is 2.27. The molecule has 0 radical (unpaired) electrons.